The lowest BCUT2D eigenvalue weighted by atomic mass is 10.0. The Kier molecular flexibility index (Phi) is 6.03. The predicted molar refractivity (Wildman–Crippen MR) is 125 cm³/mol. The van der Waals surface area contributed by atoms with E-state index in [9.17, 15) is 0 Å². The molecular formula is C20H25Cl2N7S. The molecule has 7 nitrogen and oxygen atoms in total. The lowest BCUT2D eigenvalue weighted by Crippen LogP contribution is -2.54. The van der Waals surface area contributed by atoms with Crippen LogP contribution in [-0.2, 0) is 0 Å². The van der Waals surface area contributed by atoms with E-state index in [1.165, 1.54) is 11.8 Å². The fraction of sp³-hybridized carbons (Fsp3) is 0.450. The van der Waals surface area contributed by atoms with Crippen LogP contribution in [0.2, 0.25) is 0 Å². The minimum atomic E-state index is -0.199. The van der Waals surface area contributed by atoms with Gasteiger partial charge in [-0.25, -0.2) is 9.97 Å². The van der Waals surface area contributed by atoms with Gasteiger partial charge in [-0.3, -0.25) is 5.41 Å². The highest BCUT2D eigenvalue weighted by atomic mass is 35.5. The third kappa shape index (κ3) is 3.82. The first-order valence-electron chi connectivity index (χ1n) is 9.77. The molecule has 4 heterocycles. The van der Waals surface area contributed by atoms with Gasteiger partial charge in [-0.15, -0.1) is 0 Å². The molecule has 0 radical (unpaired) electrons. The van der Waals surface area contributed by atoms with Gasteiger partial charge in [0.2, 0.25) is 0 Å². The number of allylic oxidation sites excluding steroid dienone is 1. The lowest BCUT2D eigenvalue weighted by Gasteiger charge is -2.44. The summed E-state index contributed by atoms with van der Waals surface area (Å²) in [6.07, 6.45) is 5.41. The molecule has 3 aliphatic rings. The number of halogens is 2. The maximum atomic E-state index is 8.48. The number of nitrogens with one attached hydrogen (secondary N) is 3. The highest BCUT2D eigenvalue weighted by Crippen LogP contribution is 2.44. The number of fused-ring (bicyclic) bond motifs is 1. The van der Waals surface area contributed by atoms with Crippen LogP contribution in [0.3, 0.4) is 0 Å². The third-order valence-corrected chi connectivity index (χ3v) is 7.48. The smallest absolute Gasteiger partial charge is 0.144 e. The summed E-state index contributed by atoms with van der Waals surface area (Å²) in [6, 6.07) is 0.410. The Balaban J connectivity index is 1.49. The highest BCUT2D eigenvalue weighted by Gasteiger charge is 2.35. The summed E-state index contributed by atoms with van der Waals surface area (Å²) in [6.45, 7) is 5.76. The van der Waals surface area contributed by atoms with Crippen molar-refractivity contribution in [2.75, 3.05) is 32.5 Å². The summed E-state index contributed by atoms with van der Waals surface area (Å²) < 4.78 is 0. The van der Waals surface area contributed by atoms with Crippen molar-refractivity contribution in [1.82, 2.24) is 25.1 Å². The molecule has 2 atom stereocenters. The zero-order valence-corrected chi connectivity index (χ0v) is 19.7. The summed E-state index contributed by atoms with van der Waals surface area (Å²) in [7, 11) is 3.82. The van der Waals surface area contributed by atoms with Gasteiger partial charge in [0, 0.05) is 38.0 Å². The molecule has 160 valence electrons. The van der Waals surface area contributed by atoms with Gasteiger partial charge in [0.15, 0.2) is 0 Å². The second-order valence-corrected chi connectivity index (χ2v) is 9.59. The van der Waals surface area contributed by atoms with E-state index in [4.69, 9.17) is 28.6 Å². The number of likely N-dealkylation sites (tertiary alicyclic amines) is 1. The Morgan fingerprint density at radius 1 is 1.37 bits per heavy atom. The Bertz CT molecular complexity index is 968. The predicted octanol–water partition coefficient (Wildman–Crippen LogP) is 3.51. The number of alkyl halides is 1. The standard InChI is InChI=1S/C20H25Cl2N7S/c1-10(11(2)24-3)16-17-18(30-19(16)23)20(26-9-25-17)27-12-6-29(7-12)14-5-15(22)28(4)8-13(14)21/h5,8-9,11-12,15,23-24H,6-7H2,1-4H3,(H,25,26,27)/b16-10-,23-19?. The zero-order chi connectivity index (χ0) is 21.6. The number of hydrogen-bond acceptors (Lipinski definition) is 8. The molecule has 1 aromatic heterocycles. The summed E-state index contributed by atoms with van der Waals surface area (Å²) >= 11 is 14.2. The normalized spacial score (nSPS) is 24.2. The molecule has 3 aliphatic heterocycles. The molecule has 0 spiro atoms. The molecule has 0 bridgehead atoms. The van der Waals surface area contributed by atoms with Gasteiger partial charge in [0.1, 0.15) is 22.7 Å². The fourth-order valence-corrected chi connectivity index (χ4v) is 5.21. The van der Waals surface area contributed by atoms with Gasteiger partial charge in [0.05, 0.1) is 27.4 Å². The average molecular weight is 466 g/mol. The minimum absolute atomic E-state index is 0.171. The SMILES string of the molecule is CNC(C)/C(C)=C1\C(=N)Sc2c(NC3CN(C4=CC(Cl)N(C)C=C4Cl)C3)ncnc21. The van der Waals surface area contributed by atoms with Crippen molar-refractivity contribution in [3.05, 3.63) is 40.6 Å². The number of rotatable bonds is 5. The summed E-state index contributed by atoms with van der Waals surface area (Å²) in [5.74, 6) is 0.786. The first-order chi connectivity index (χ1) is 14.3. The molecule has 1 saturated heterocycles. The first kappa shape index (κ1) is 21.5. The van der Waals surface area contributed by atoms with Gasteiger partial charge in [-0.05, 0) is 32.5 Å². The minimum Gasteiger partial charge on any atom is -0.366 e. The molecule has 0 amide bonds. The van der Waals surface area contributed by atoms with Crippen LogP contribution < -0.4 is 10.6 Å². The van der Waals surface area contributed by atoms with E-state index in [1.54, 1.807) is 6.33 Å². The summed E-state index contributed by atoms with van der Waals surface area (Å²) in [5.41, 5.74) is 3.63. The van der Waals surface area contributed by atoms with E-state index in [-0.39, 0.29) is 17.6 Å². The van der Waals surface area contributed by atoms with Crippen molar-refractivity contribution in [3.8, 4) is 0 Å². The Labute approximate surface area is 191 Å². The monoisotopic (exact) mass is 465 g/mol. The largest absolute Gasteiger partial charge is 0.366 e. The van der Waals surface area contributed by atoms with Crippen molar-refractivity contribution in [3.63, 3.8) is 0 Å². The topological polar surface area (TPSA) is 80.2 Å². The van der Waals surface area contributed by atoms with E-state index in [2.05, 4.69) is 39.3 Å². The van der Waals surface area contributed by atoms with Crippen LogP contribution in [-0.4, -0.2) is 69.6 Å². The van der Waals surface area contributed by atoms with Crippen molar-refractivity contribution < 1.29 is 0 Å². The number of likely N-dealkylation sites (N-methyl/N-ethyl adjacent to an activating group) is 2. The van der Waals surface area contributed by atoms with Crippen LogP contribution in [0.5, 0.6) is 0 Å². The van der Waals surface area contributed by atoms with E-state index < -0.39 is 0 Å². The average Bonchev–Trinajstić information content (AvgIpc) is 3.03. The molecule has 10 heteroatoms. The molecule has 0 saturated carbocycles. The Morgan fingerprint density at radius 2 is 2.10 bits per heavy atom. The van der Waals surface area contributed by atoms with E-state index in [0.717, 1.165) is 46.3 Å². The van der Waals surface area contributed by atoms with Crippen LogP contribution in [0, 0.1) is 5.41 Å². The van der Waals surface area contributed by atoms with E-state index >= 15 is 0 Å². The molecule has 1 aromatic rings. The molecule has 3 N–H and O–H groups in total. The highest BCUT2D eigenvalue weighted by molar-refractivity contribution is 8.15. The molecule has 4 rings (SSSR count). The summed E-state index contributed by atoms with van der Waals surface area (Å²) in [5, 5.41) is 16.5. The molecule has 2 unspecified atom stereocenters. The maximum absolute atomic E-state index is 8.48. The van der Waals surface area contributed by atoms with Crippen molar-refractivity contribution >= 4 is 51.4 Å². The van der Waals surface area contributed by atoms with Crippen LogP contribution in [0.15, 0.2) is 39.8 Å². The molecule has 0 aliphatic carbocycles. The Morgan fingerprint density at radius 3 is 2.80 bits per heavy atom. The number of anilines is 1. The van der Waals surface area contributed by atoms with Gasteiger partial charge >= 0.3 is 0 Å². The second kappa shape index (κ2) is 8.42. The van der Waals surface area contributed by atoms with Gasteiger partial charge in [-0.2, -0.15) is 0 Å². The van der Waals surface area contributed by atoms with Crippen LogP contribution in [0.25, 0.3) is 5.57 Å². The van der Waals surface area contributed by atoms with E-state index in [0.29, 0.717) is 10.1 Å². The van der Waals surface area contributed by atoms with E-state index in [1.807, 2.05) is 31.3 Å². The lowest BCUT2D eigenvalue weighted by molar-refractivity contribution is 0.215. The van der Waals surface area contributed by atoms with Crippen LogP contribution >= 0.6 is 35.0 Å². The van der Waals surface area contributed by atoms with Crippen molar-refractivity contribution in [1.29, 1.82) is 5.41 Å². The van der Waals surface area contributed by atoms with Crippen LogP contribution in [0.4, 0.5) is 5.82 Å². The maximum Gasteiger partial charge on any atom is 0.144 e. The second-order valence-electron chi connectivity index (χ2n) is 7.71. The first-order valence-corrected chi connectivity index (χ1v) is 11.4. The molecular weight excluding hydrogens is 441 g/mol. The van der Waals surface area contributed by atoms with Crippen molar-refractivity contribution in [2.45, 2.75) is 36.3 Å². The molecule has 0 aromatic carbocycles. The van der Waals surface area contributed by atoms with Crippen LogP contribution in [0.1, 0.15) is 19.5 Å². The van der Waals surface area contributed by atoms with Gasteiger partial charge in [-0.1, -0.05) is 35.0 Å². The fourth-order valence-electron chi connectivity index (χ4n) is 3.67. The Hall–Kier alpha value is -1.74. The van der Waals surface area contributed by atoms with Crippen molar-refractivity contribution in [2.24, 2.45) is 0 Å². The zero-order valence-electron chi connectivity index (χ0n) is 17.3. The van der Waals surface area contributed by atoms with Gasteiger partial charge in [0.25, 0.3) is 0 Å². The molecule has 30 heavy (non-hydrogen) atoms. The number of nitrogens with zero attached hydrogens (tertiary/aromatic N) is 4. The number of aromatic nitrogens is 2. The third-order valence-electron chi connectivity index (χ3n) is 5.76. The number of hydrogen-bond donors (Lipinski definition) is 3. The van der Waals surface area contributed by atoms with Gasteiger partial charge < -0.3 is 20.4 Å². The molecule has 1 fully saturated rings. The quantitative estimate of drug-likeness (QED) is 0.453. The summed E-state index contributed by atoms with van der Waals surface area (Å²) in [4.78, 5) is 14.0. The number of thioether (sulfide) groups is 1.